The second-order valence-corrected chi connectivity index (χ2v) is 6.06. The molecule has 2 aromatic carbocycles. The Morgan fingerprint density at radius 3 is 2.64 bits per heavy atom. The number of nitrogens with zero attached hydrogens (tertiary/aromatic N) is 1. The fraction of sp³-hybridized carbons (Fsp3) is 0.368. The molecule has 0 atom stereocenters. The number of rotatable bonds is 3. The maximum Gasteiger partial charge on any atom is 0.143 e. The molecule has 3 aromatic rings. The molecule has 0 aliphatic carbocycles. The van der Waals surface area contributed by atoms with Crippen molar-refractivity contribution in [3.05, 3.63) is 42.0 Å². The number of furan rings is 1. The zero-order valence-electron chi connectivity index (χ0n) is 13.0. The van der Waals surface area contributed by atoms with Crippen LogP contribution in [-0.2, 0) is 6.54 Å². The van der Waals surface area contributed by atoms with Gasteiger partial charge < -0.3 is 9.15 Å². The molecular weight excluding hydrogens is 274 g/mol. The highest BCUT2D eigenvalue weighted by molar-refractivity contribution is 6.06. The molecule has 1 fully saturated rings. The molecule has 1 saturated heterocycles. The van der Waals surface area contributed by atoms with Crippen LogP contribution in [0.4, 0.5) is 0 Å². The van der Waals surface area contributed by atoms with Gasteiger partial charge in [0.1, 0.15) is 16.9 Å². The fourth-order valence-electron chi connectivity index (χ4n) is 3.51. The molecule has 3 heteroatoms. The highest BCUT2D eigenvalue weighted by Crippen LogP contribution is 2.36. The first-order valence-corrected chi connectivity index (χ1v) is 8.06. The number of piperidine rings is 1. The summed E-state index contributed by atoms with van der Waals surface area (Å²) in [6, 6.07) is 12.4. The Morgan fingerprint density at radius 2 is 1.82 bits per heavy atom. The molecule has 1 aromatic heterocycles. The maximum atomic E-state index is 6.16. The number of hydrogen-bond acceptors (Lipinski definition) is 3. The summed E-state index contributed by atoms with van der Waals surface area (Å²) in [5.41, 5.74) is 3.11. The first-order valence-electron chi connectivity index (χ1n) is 8.06. The smallest absolute Gasteiger partial charge is 0.143 e. The third-order valence-corrected chi connectivity index (χ3v) is 4.66. The van der Waals surface area contributed by atoms with Crippen molar-refractivity contribution in [3.63, 3.8) is 0 Å². The van der Waals surface area contributed by atoms with E-state index in [-0.39, 0.29) is 0 Å². The number of ether oxygens (including phenoxy) is 1. The Kier molecular flexibility index (Phi) is 3.51. The van der Waals surface area contributed by atoms with E-state index in [1.54, 1.807) is 7.11 Å². The Morgan fingerprint density at radius 1 is 1.00 bits per heavy atom. The summed E-state index contributed by atoms with van der Waals surface area (Å²) < 4.78 is 11.8. The standard InChI is InChI=1S/C19H21NO2/c1-21-17-10-9-15-14-7-3-4-8-18(14)22-19(15)16(17)13-20-11-5-2-6-12-20/h3-4,7-10H,2,5-6,11-13H2,1H3. The van der Waals surface area contributed by atoms with E-state index >= 15 is 0 Å². The fourth-order valence-corrected chi connectivity index (χ4v) is 3.51. The number of para-hydroxylation sites is 1. The predicted octanol–water partition coefficient (Wildman–Crippen LogP) is 4.58. The van der Waals surface area contributed by atoms with Crippen molar-refractivity contribution in [1.29, 1.82) is 0 Å². The van der Waals surface area contributed by atoms with Crippen molar-refractivity contribution < 1.29 is 9.15 Å². The van der Waals surface area contributed by atoms with Crippen LogP contribution >= 0.6 is 0 Å². The van der Waals surface area contributed by atoms with Gasteiger partial charge >= 0.3 is 0 Å². The zero-order chi connectivity index (χ0) is 14.9. The van der Waals surface area contributed by atoms with E-state index in [9.17, 15) is 0 Å². The van der Waals surface area contributed by atoms with Gasteiger partial charge in [0.25, 0.3) is 0 Å². The zero-order valence-corrected chi connectivity index (χ0v) is 13.0. The molecule has 0 unspecified atom stereocenters. The minimum Gasteiger partial charge on any atom is -0.496 e. The molecular formula is C19H21NO2. The van der Waals surface area contributed by atoms with Gasteiger partial charge in [-0.3, -0.25) is 4.90 Å². The maximum absolute atomic E-state index is 6.16. The van der Waals surface area contributed by atoms with Crippen molar-refractivity contribution >= 4 is 21.9 Å². The van der Waals surface area contributed by atoms with Crippen LogP contribution in [0.1, 0.15) is 24.8 Å². The van der Waals surface area contributed by atoms with E-state index in [1.807, 2.05) is 12.1 Å². The van der Waals surface area contributed by atoms with E-state index in [0.717, 1.165) is 23.5 Å². The van der Waals surface area contributed by atoms with E-state index < -0.39 is 0 Å². The van der Waals surface area contributed by atoms with Crippen molar-refractivity contribution in [2.75, 3.05) is 20.2 Å². The molecule has 1 aliphatic rings. The summed E-state index contributed by atoms with van der Waals surface area (Å²) in [7, 11) is 1.74. The molecule has 0 saturated carbocycles. The third kappa shape index (κ3) is 2.26. The van der Waals surface area contributed by atoms with Gasteiger partial charge in [-0.05, 0) is 44.1 Å². The number of fused-ring (bicyclic) bond motifs is 3. The van der Waals surface area contributed by atoms with E-state index in [4.69, 9.17) is 9.15 Å². The summed E-state index contributed by atoms with van der Waals surface area (Å²) in [4.78, 5) is 2.51. The average molecular weight is 295 g/mol. The van der Waals surface area contributed by atoms with Gasteiger partial charge in [-0.2, -0.15) is 0 Å². The first kappa shape index (κ1) is 13.6. The number of methoxy groups -OCH3 is 1. The third-order valence-electron chi connectivity index (χ3n) is 4.66. The summed E-state index contributed by atoms with van der Waals surface area (Å²) in [5, 5.41) is 2.36. The van der Waals surface area contributed by atoms with Crippen molar-refractivity contribution in [2.24, 2.45) is 0 Å². The lowest BCUT2D eigenvalue weighted by molar-refractivity contribution is 0.218. The summed E-state index contributed by atoms with van der Waals surface area (Å²) in [6.07, 6.45) is 3.93. The Bertz CT molecular complexity index is 800. The average Bonchev–Trinajstić information content (AvgIpc) is 2.95. The largest absolute Gasteiger partial charge is 0.496 e. The van der Waals surface area contributed by atoms with Crippen LogP contribution in [0.5, 0.6) is 5.75 Å². The molecule has 0 bridgehead atoms. The lowest BCUT2D eigenvalue weighted by Crippen LogP contribution is -2.29. The summed E-state index contributed by atoms with van der Waals surface area (Å²) in [6.45, 7) is 3.24. The second-order valence-electron chi connectivity index (χ2n) is 6.06. The van der Waals surface area contributed by atoms with Crippen LogP contribution in [-0.4, -0.2) is 25.1 Å². The van der Waals surface area contributed by atoms with Gasteiger partial charge in [0.2, 0.25) is 0 Å². The van der Waals surface area contributed by atoms with Crippen molar-refractivity contribution in [3.8, 4) is 5.75 Å². The summed E-state index contributed by atoms with van der Waals surface area (Å²) >= 11 is 0. The van der Waals surface area contributed by atoms with Gasteiger partial charge in [-0.15, -0.1) is 0 Å². The quantitative estimate of drug-likeness (QED) is 0.707. The van der Waals surface area contributed by atoms with Gasteiger partial charge in [-0.1, -0.05) is 24.6 Å². The Labute approximate surface area is 130 Å². The van der Waals surface area contributed by atoms with Crippen LogP contribution in [0.3, 0.4) is 0 Å². The Balaban J connectivity index is 1.85. The lowest BCUT2D eigenvalue weighted by Gasteiger charge is -2.27. The molecule has 1 aliphatic heterocycles. The SMILES string of the molecule is COc1ccc2c(oc3ccccc32)c1CN1CCCCC1. The van der Waals surface area contributed by atoms with Crippen LogP contribution in [0.25, 0.3) is 21.9 Å². The molecule has 0 spiro atoms. The minimum atomic E-state index is 0.903. The molecule has 2 heterocycles. The number of benzene rings is 2. The van der Waals surface area contributed by atoms with Gasteiger partial charge in [0, 0.05) is 17.3 Å². The summed E-state index contributed by atoms with van der Waals surface area (Å²) in [5.74, 6) is 0.928. The van der Waals surface area contributed by atoms with E-state index in [2.05, 4.69) is 29.2 Å². The second kappa shape index (κ2) is 5.65. The van der Waals surface area contributed by atoms with Crippen LogP contribution < -0.4 is 4.74 Å². The van der Waals surface area contributed by atoms with Gasteiger partial charge in [0.15, 0.2) is 0 Å². The molecule has 0 N–H and O–H groups in total. The molecule has 4 rings (SSSR count). The number of likely N-dealkylation sites (tertiary alicyclic amines) is 1. The highest BCUT2D eigenvalue weighted by Gasteiger charge is 2.19. The lowest BCUT2D eigenvalue weighted by atomic mass is 10.1. The monoisotopic (exact) mass is 295 g/mol. The van der Waals surface area contributed by atoms with Crippen LogP contribution in [0.15, 0.2) is 40.8 Å². The minimum absolute atomic E-state index is 0.903. The van der Waals surface area contributed by atoms with E-state index in [0.29, 0.717) is 0 Å². The predicted molar refractivity (Wildman–Crippen MR) is 89.4 cm³/mol. The van der Waals surface area contributed by atoms with Crippen molar-refractivity contribution in [2.45, 2.75) is 25.8 Å². The highest BCUT2D eigenvalue weighted by atomic mass is 16.5. The normalized spacial score (nSPS) is 16.4. The first-order chi connectivity index (χ1) is 10.9. The molecule has 114 valence electrons. The molecule has 0 amide bonds. The van der Waals surface area contributed by atoms with Crippen molar-refractivity contribution in [1.82, 2.24) is 4.90 Å². The number of hydrogen-bond donors (Lipinski definition) is 0. The molecule has 0 radical (unpaired) electrons. The Hall–Kier alpha value is -2.00. The molecule has 22 heavy (non-hydrogen) atoms. The van der Waals surface area contributed by atoms with Crippen LogP contribution in [0, 0.1) is 0 Å². The van der Waals surface area contributed by atoms with Crippen LogP contribution in [0.2, 0.25) is 0 Å². The van der Waals surface area contributed by atoms with Gasteiger partial charge in [0.05, 0.1) is 12.7 Å². The van der Waals surface area contributed by atoms with Gasteiger partial charge in [-0.25, -0.2) is 0 Å². The topological polar surface area (TPSA) is 25.6 Å². The molecule has 3 nitrogen and oxygen atoms in total. The van der Waals surface area contributed by atoms with E-state index in [1.165, 1.54) is 48.7 Å².